The minimum absolute atomic E-state index is 0.0778. The zero-order valence-corrected chi connectivity index (χ0v) is 12.6. The average Bonchev–Trinajstić information content (AvgIpc) is 3.02. The molecular weight excluding hydrogens is 280 g/mol. The summed E-state index contributed by atoms with van der Waals surface area (Å²) in [6.07, 6.45) is 4.99. The fourth-order valence-electron chi connectivity index (χ4n) is 3.17. The van der Waals surface area contributed by atoms with Gasteiger partial charge < -0.3 is 16.2 Å². The second-order valence-corrected chi connectivity index (χ2v) is 5.65. The molecule has 0 bridgehead atoms. The van der Waals surface area contributed by atoms with Crippen LogP contribution in [-0.2, 0) is 0 Å². The molecule has 0 spiro atoms. The third kappa shape index (κ3) is 2.41. The molecule has 116 valence electrons. The Labute approximate surface area is 129 Å². The van der Waals surface area contributed by atoms with E-state index in [9.17, 15) is 10.4 Å². The lowest BCUT2D eigenvalue weighted by atomic mass is 9.96. The van der Waals surface area contributed by atoms with Crippen LogP contribution in [0.4, 0.5) is 5.69 Å². The Kier molecular flexibility index (Phi) is 3.74. The van der Waals surface area contributed by atoms with E-state index in [4.69, 9.17) is 5.73 Å². The molecule has 6 nitrogen and oxygen atoms in total. The third-order valence-corrected chi connectivity index (χ3v) is 4.15. The molecular formula is C16H19N4O2-. The summed E-state index contributed by atoms with van der Waals surface area (Å²) >= 11 is 0. The summed E-state index contributed by atoms with van der Waals surface area (Å²) in [5.74, 6) is 0.244. The number of benzene rings is 1. The molecule has 3 N–H and O–H groups in total. The van der Waals surface area contributed by atoms with Crippen molar-refractivity contribution in [2.45, 2.75) is 32.2 Å². The van der Waals surface area contributed by atoms with Gasteiger partial charge in [-0.2, -0.15) is 5.10 Å². The van der Waals surface area contributed by atoms with E-state index in [-0.39, 0.29) is 22.9 Å². The Morgan fingerprint density at radius 2 is 2.05 bits per heavy atom. The zero-order valence-electron chi connectivity index (χ0n) is 12.6. The van der Waals surface area contributed by atoms with E-state index in [1.807, 2.05) is 26.0 Å². The van der Waals surface area contributed by atoms with Gasteiger partial charge in [0.25, 0.3) is 0 Å². The number of aromatic nitrogens is 2. The van der Waals surface area contributed by atoms with E-state index in [0.29, 0.717) is 5.69 Å². The number of hydrogen-bond donors (Lipinski definition) is 2. The second kappa shape index (κ2) is 5.57. The Morgan fingerprint density at radius 3 is 2.68 bits per heavy atom. The lowest BCUT2D eigenvalue weighted by Gasteiger charge is -2.24. The summed E-state index contributed by atoms with van der Waals surface area (Å²) in [7, 11) is 0. The molecule has 6 heteroatoms. The molecule has 1 heterocycles. The van der Waals surface area contributed by atoms with Crippen molar-refractivity contribution >= 4 is 5.69 Å². The molecule has 1 aromatic carbocycles. The SMILES string of the molecule is Cc1nn(-c2ccccc2N([O-])O)c(C)c1[C@H]1C=C[C@@H](N)C1. The van der Waals surface area contributed by atoms with E-state index in [1.54, 1.807) is 22.9 Å². The predicted octanol–water partition coefficient (Wildman–Crippen LogP) is 2.55. The summed E-state index contributed by atoms with van der Waals surface area (Å²) in [6, 6.07) is 6.91. The Balaban J connectivity index is 2.09. The van der Waals surface area contributed by atoms with Crippen molar-refractivity contribution < 1.29 is 5.21 Å². The van der Waals surface area contributed by atoms with Crippen LogP contribution < -0.4 is 11.0 Å². The molecule has 22 heavy (non-hydrogen) atoms. The third-order valence-electron chi connectivity index (χ3n) is 4.15. The molecule has 2 atom stereocenters. The largest absolute Gasteiger partial charge is 0.733 e. The molecule has 2 aromatic rings. The quantitative estimate of drug-likeness (QED) is 0.671. The van der Waals surface area contributed by atoms with Gasteiger partial charge in [-0.25, -0.2) is 4.68 Å². The second-order valence-electron chi connectivity index (χ2n) is 5.65. The number of nitrogens with zero attached hydrogens (tertiary/aromatic N) is 3. The van der Waals surface area contributed by atoms with Gasteiger partial charge in [-0.15, -0.1) is 0 Å². The highest BCUT2D eigenvalue weighted by molar-refractivity contribution is 5.62. The normalized spacial score (nSPS) is 20.6. The van der Waals surface area contributed by atoms with Gasteiger partial charge in [0.2, 0.25) is 0 Å². The summed E-state index contributed by atoms with van der Waals surface area (Å²) in [4.78, 5) is 0. The highest BCUT2D eigenvalue weighted by Crippen LogP contribution is 2.34. The van der Waals surface area contributed by atoms with Crippen molar-refractivity contribution in [3.8, 4) is 5.69 Å². The van der Waals surface area contributed by atoms with Crippen LogP contribution >= 0.6 is 0 Å². The maximum Gasteiger partial charge on any atom is 0.0895 e. The summed E-state index contributed by atoms with van der Waals surface area (Å²) in [5, 5.41) is 25.1. The molecule has 0 amide bonds. The first-order valence-corrected chi connectivity index (χ1v) is 7.24. The van der Waals surface area contributed by atoms with Gasteiger partial charge in [0.05, 0.1) is 17.1 Å². The zero-order chi connectivity index (χ0) is 15.9. The van der Waals surface area contributed by atoms with Crippen molar-refractivity contribution in [2.75, 3.05) is 5.23 Å². The topological polar surface area (TPSA) is 90.4 Å². The van der Waals surface area contributed by atoms with Crippen molar-refractivity contribution in [2.24, 2.45) is 5.73 Å². The lowest BCUT2D eigenvalue weighted by Crippen LogP contribution is -2.15. The molecule has 0 fully saturated rings. The van der Waals surface area contributed by atoms with Gasteiger partial charge in [-0.05, 0) is 32.4 Å². The standard InChI is InChI=1S/C16H19N4O2/c1-10-16(12-7-8-13(17)9-12)11(2)19(18-10)14-5-3-4-6-15(14)20(21)22/h3-8,12-13,21H,9,17H2,1-2H3/q-1/t12-,13+/m0/s1. The number of hydrogen-bond acceptors (Lipinski definition) is 5. The first kappa shape index (κ1) is 14.8. The van der Waals surface area contributed by atoms with Crippen LogP contribution in [0.15, 0.2) is 36.4 Å². The van der Waals surface area contributed by atoms with Crippen molar-refractivity contribution in [3.63, 3.8) is 0 Å². The number of allylic oxidation sites excluding steroid dienone is 1. The summed E-state index contributed by atoms with van der Waals surface area (Å²) in [5.41, 5.74) is 9.66. The van der Waals surface area contributed by atoms with Crippen LogP contribution in [0.25, 0.3) is 5.69 Å². The Bertz CT molecular complexity index is 721. The number of nitrogens with two attached hydrogens (primary N) is 1. The fourth-order valence-corrected chi connectivity index (χ4v) is 3.17. The first-order chi connectivity index (χ1) is 10.5. The molecule has 0 radical (unpaired) electrons. The summed E-state index contributed by atoms with van der Waals surface area (Å²) in [6.45, 7) is 3.92. The maximum absolute atomic E-state index is 11.3. The molecule has 0 unspecified atom stereocenters. The highest BCUT2D eigenvalue weighted by Gasteiger charge is 2.25. The Morgan fingerprint density at radius 1 is 1.32 bits per heavy atom. The van der Waals surface area contributed by atoms with Gasteiger partial charge in [0, 0.05) is 23.2 Å². The molecule has 1 aliphatic rings. The van der Waals surface area contributed by atoms with Crippen LogP contribution in [0.2, 0.25) is 0 Å². The van der Waals surface area contributed by atoms with Crippen LogP contribution in [0.3, 0.4) is 0 Å². The number of anilines is 1. The highest BCUT2D eigenvalue weighted by atomic mass is 16.8. The monoisotopic (exact) mass is 299 g/mol. The van der Waals surface area contributed by atoms with Gasteiger partial charge in [-0.1, -0.05) is 24.3 Å². The molecule has 0 saturated carbocycles. The fraction of sp³-hybridized carbons (Fsp3) is 0.312. The van der Waals surface area contributed by atoms with E-state index < -0.39 is 0 Å². The van der Waals surface area contributed by atoms with E-state index in [1.165, 1.54) is 0 Å². The van der Waals surface area contributed by atoms with Crippen molar-refractivity contribution in [3.05, 3.63) is 58.6 Å². The van der Waals surface area contributed by atoms with Crippen molar-refractivity contribution in [1.82, 2.24) is 9.78 Å². The Hall–Kier alpha value is -2.15. The minimum Gasteiger partial charge on any atom is -0.733 e. The van der Waals surface area contributed by atoms with Gasteiger partial charge in [0.1, 0.15) is 0 Å². The van der Waals surface area contributed by atoms with Crippen LogP contribution in [0, 0.1) is 19.1 Å². The molecule has 1 aromatic heterocycles. The first-order valence-electron chi connectivity index (χ1n) is 7.24. The molecule has 0 saturated heterocycles. The van der Waals surface area contributed by atoms with Crippen LogP contribution in [-0.4, -0.2) is 21.0 Å². The van der Waals surface area contributed by atoms with Gasteiger partial charge >= 0.3 is 0 Å². The predicted molar refractivity (Wildman–Crippen MR) is 85.1 cm³/mol. The maximum atomic E-state index is 11.3. The van der Waals surface area contributed by atoms with Crippen LogP contribution in [0.1, 0.15) is 29.3 Å². The molecule has 3 rings (SSSR count). The molecule has 0 aliphatic heterocycles. The minimum atomic E-state index is -0.128. The van der Waals surface area contributed by atoms with Gasteiger partial charge in [0.15, 0.2) is 0 Å². The number of aryl methyl sites for hydroxylation is 1. The summed E-state index contributed by atoms with van der Waals surface area (Å²) < 4.78 is 1.71. The van der Waals surface area contributed by atoms with Crippen LogP contribution in [0.5, 0.6) is 0 Å². The number of para-hydroxylation sites is 2. The van der Waals surface area contributed by atoms with Gasteiger partial charge in [-0.3, -0.25) is 5.21 Å². The number of rotatable bonds is 3. The van der Waals surface area contributed by atoms with E-state index in [0.717, 1.165) is 23.4 Å². The van der Waals surface area contributed by atoms with Crippen molar-refractivity contribution in [1.29, 1.82) is 0 Å². The molecule has 1 aliphatic carbocycles. The lowest BCUT2D eigenvalue weighted by molar-refractivity contribution is 0.296. The average molecular weight is 299 g/mol. The van der Waals surface area contributed by atoms with E-state index in [2.05, 4.69) is 11.2 Å². The van der Waals surface area contributed by atoms with E-state index >= 15 is 0 Å². The smallest absolute Gasteiger partial charge is 0.0895 e.